The van der Waals surface area contributed by atoms with E-state index in [2.05, 4.69) is 4.98 Å². The largest absolute Gasteiger partial charge is 0.496 e. The van der Waals surface area contributed by atoms with E-state index >= 15 is 0 Å². The van der Waals surface area contributed by atoms with Crippen LogP contribution in [0.25, 0.3) is 0 Å². The second-order valence-electron chi connectivity index (χ2n) is 3.66. The zero-order valence-electron chi connectivity index (χ0n) is 9.43. The molecular formula is C13H13FN2O. The quantitative estimate of drug-likeness (QED) is 0.883. The normalized spacial score (nSPS) is 12.2. The predicted octanol–water partition coefficient (Wildman–Crippen LogP) is 2.28. The highest BCUT2D eigenvalue weighted by Gasteiger charge is 2.14. The van der Waals surface area contributed by atoms with Crippen LogP contribution in [0.5, 0.6) is 5.75 Å². The van der Waals surface area contributed by atoms with Crippen LogP contribution in [0.3, 0.4) is 0 Å². The highest BCUT2D eigenvalue weighted by molar-refractivity contribution is 5.40. The SMILES string of the molecule is COc1ccccc1C(N)c1cncc(F)c1. The summed E-state index contributed by atoms with van der Waals surface area (Å²) in [5, 5.41) is 0. The first kappa shape index (κ1) is 11.5. The van der Waals surface area contributed by atoms with Gasteiger partial charge in [-0.05, 0) is 17.7 Å². The predicted molar refractivity (Wildman–Crippen MR) is 63.2 cm³/mol. The molecule has 0 saturated carbocycles. The van der Waals surface area contributed by atoms with Crippen molar-refractivity contribution in [1.29, 1.82) is 0 Å². The molecule has 1 atom stereocenters. The third kappa shape index (κ3) is 2.42. The van der Waals surface area contributed by atoms with E-state index in [1.54, 1.807) is 13.3 Å². The molecule has 0 spiro atoms. The highest BCUT2D eigenvalue weighted by Crippen LogP contribution is 2.27. The minimum Gasteiger partial charge on any atom is -0.496 e. The third-order valence-electron chi connectivity index (χ3n) is 2.56. The Bertz CT molecular complexity index is 516. The number of aromatic nitrogens is 1. The summed E-state index contributed by atoms with van der Waals surface area (Å²) in [7, 11) is 1.58. The minimum absolute atomic E-state index is 0.396. The first-order chi connectivity index (χ1) is 8.22. The number of ether oxygens (including phenoxy) is 1. The lowest BCUT2D eigenvalue weighted by molar-refractivity contribution is 0.408. The van der Waals surface area contributed by atoms with Crippen molar-refractivity contribution in [3.8, 4) is 5.75 Å². The Morgan fingerprint density at radius 1 is 1.29 bits per heavy atom. The van der Waals surface area contributed by atoms with Gasteiger partial charge in [0.1, 0.15) is 11.6 Å². The molecule has 0 aliphatic carbocycles. The molecule has 88 valence electrons. The molecular weight excluding hydrogens is 219 g/mol. The van der Waals surface area contributed by atoms with E-state index in [9.17, 15) is 4.39 Å². The first-order valence-electron chi connectivity index (χ1n) is 5.21. The summed E-state index contributed by atoms with van der Waals surface area (Å²) in [6.07, 6.45) is 2.71. The lowest BCUT2D eigenvalue weighted by Gasteiger charge is -2.15. The first-order valence-corrected chi connectivity index (χ1v) is 5.21. The Labute approximate surface area is 99.1 Å². The van der Waals surface area contributed by atoms with Crippen molar-refractivity contribution in [2.45, 2.75) is 6.04 Å². The van der Waals surface area contributed by atoms with Gasteiger partial charge in [0, 0.05) is 11.8 Å². The summed E-state index contributed by atoms with van der Waals surface area (Å²) in [6.45, 7) is 0. The number of nitrogens with two attached hydrogens (primary N) is 1. The average Bonchev–Trinajstić information content (AvgIpc) is 2.38. The van der Waals surface area contributed by atoms with E-state index < -0.39 is 11.9 Å². The van der Waals surface area contributed by atoms with Crippen molar-refractivity contribution >= 4 is 0 Å². The zero-order valence-corrected chi connectivity index (χ0v) is 9.43. The fourth-order valence-electron chi connectivity index (χ4n) is 1.70. The number of rotatable bonds is 3. The Balaban J connectivity index is 2.40. The number of hydrogen-bond acceptors (Lipinski definition) is 3. The van der Waals surface area contributed by atoms with Gasteiger partial charge in [-0.1, -0.05) is 18.2 Å². The van der Waals surface area contributed by atoms with Crippen molar-refractivity contribution in [2.75, 3.05) is 7.11 Å². The number of pyridine rings is 1. The van der Waals surface area contributed by atoms with Gasteiger partial charge in [0.15, 0.2) is 0 Å². The smallest absolute Gasteiger partial charge is 0.141 e. The molecule has 17 heavy (non-hydrogen) atoms. The summed E-state index contributed by atoms with van der Waals surface area (Å²) in [4.78, 5) is 3.79. The van der Waals surface area contributed by atoms with E-state index in [4.69, 9.17) is 10.5 Å². The number of halogens is 1. The number of nitrogens with zero attached hydrogens (tertiary/aromatic N) is 1. The fraction of sp³-hybridized carbons (Fsp3) is 0.154. The van der Waals surface area contributed by atoms with Gasteiger partial charge in [-0.25, -0.2) is 4.39 Å². The Morgan fingerprint density at radius 2 is 2.06 bits per heavy atom. The lowest BCUT2D eigenvalue weighted by Crippen LogP contribution is -2.13. The van der Waals surface area contributed by atoms with E-state index in [1.807, 2.05) is 24.3 Å². The summed E-state index contributed by atoms with van der Waals surface area (Å²) in [5.74, 6) is 0.289. The molecule has 0 aliphatic heterocycles. The molecule has 2 aromatic rings. The topological polar surface area (TPSA) is 48.1 Å². The molecule has 0 bridgehead atoms. The molecule has 2 rings (SSSR count). The summed E-state index contributed by atoms with van der Waals surface area (Å²) in [5.41, 5.74) is 7.50. The van der Waals surface area contributed by atoms with Crippen LogP contribution in [0.1, 0.15) is 17.2 Å². The number of para-hydroxylation sites is 1. The second-order valence-corrected chi connectivity index (χ2v) is 3.66. The van der Waals surface area contributed by atoms with Gasteiger partial charge in [-0.2, -0.15) is 0 Å². The van der Waals surface area contributed by atoms with Crippen LogP contribution in [0.2, 0.25) is 0 Å². The van der Waals surface area contributed by atoms with Crippen LogP contribution in [-0.4, -0.2) is 12.1 Å². The molecule has 2 N–H and O–H groups in total. The van der Waals surface area contributed by atoms with Crippen LogP contribution in [-0.2, 0) is 0 Å². The van der Waals surface area contributed by atoms with Crippen LogP contribution < -0.4 is 10.5 Å². The Kier molecular flexibility index (Phi) is 3.35. The minimum atomic E-state index is -0.450. The van der Waals surface area contributed by atoms with Crippen LogP contribution in [0.15, 0.2) is 42.7 Å². The van der Waals surface area contributed by atoms with E-state index in [1.165, 1.54) is 6.07 Å². The van der Waals surface area contributed by atoms with Crippen molar-refractivity contribution in [3.63, 3.8) is 0 Å². The van der Waals surface area contributed by atoms with Crippen molar-refractivity contribution in [3.05, 3.63) is 59.7 Å². The van der Waals surface area contributed by atoms with Crippen LogP contribution >= 0.6 is 0 Å². The molecule has 0 amide bonds. The number of hydrogen-bond donors (Lipinski definition) is 1. The maximum Gasteiger partial charge on any atom is 0.141 e. The maximum absolute atomic E-state index is 13.1. The molecule has 1 aromatic carbocycles. The molecule has 0 fully saturated rings. The summed E-state index contributed by atoms with van der Waals surface area (Å²) in [6, 6.07) is 8.33. The zero-order chi connectivity index (χ0) is 12.3. The molecule has 1 heterocycles. The van der Waals surface area contributed by atoms with Crippen molar-refractivity contribution in [1.82, 2.24) is 4.98 Å². The van der Waals surface area contributed by atoms with Gasteiger partial charge >= 0.3 is 0 Å². The van der Waals surface area contributed by atoms with Gasteiger partial charge in [0.05, 0.1) is 19.3 Å². The van der Waals surface area contributed by atoms with E-state index in [0.29, 0.717) is 11.3 Å². The summed E-state index contributed by atoms with van der Waals surface area (Å²) < 4.78 is 18.3. The lowest BCUT2D eigenvalue weighted by atomic mass is 10.0. The average molecular weight is 232 g/mol. The van der Waals surface area contributed by atoms with Gasteiger partial charge in [-0.15, -0.1) is 0 Å². The van der Waals surface area contributed by atoms with Gasteiger partial charge in [0.25, 0.3) is 0 Å². The van der Waals surface area contributed by atoms with Gasteiger partial charge < -0.3 is 10.5 Å². The van der Waals surface area contributed by atoms with Crippen molar-refractivity contribution < 1.29 is 9.13 Å². The maximum atomic E-state index is 13.1. The third-order valence-corrected chi connectivity index (χ3v) is 2.56. The molecule has 4 heteroatoms. The molecule has 0 radical (unpaired) electrons. The Morgan fingerprint density at radius 3 is 2.76 bits per heavy atom. The van der Waals surface area contributed by atoms with Crippen LogP contribution in [0.4, 0.5) is 4.39 Å². The van der Waals surface area contributed by atoms with Gasteiger partial charge in [-0.3, -0.25) is 4.98 Å². The van der Waals surface area contributed by atoms with Gasteiger partial charge in [0.2, 0.25) is 0 Å². The van der Waals surface area contributed by atoms with E-state index in [0.717, 1.165) is 11.8 Å². The molecule has 1 aromatic heterocycles. The number of methoxy groups -OCH3 is 1. The molecule has 0 aliphatic rings. The second kappa shape index (κ2) is 4.93. The van der Waals surface area contributed by atoms with Crippen molar-refractivity contribution in [2.24, 2.45) is 5.73 Å². The molecule has 1 unspecified atom stereocenters. The fourth-order valence-corrected chi connectivity index (χ4v) is 1.70. The standard InChI is InChI=1S/C13H13FN2O/c1-17-12-5-3-2-4-11(12)13(15)9-6-10(14)8-16-7-9/h2-8,13H,15H2,1H3. The molecule has 0 saturated heterocycles. The highest BCUT2D eigenvalue weighted by atomic mass is 19.1. The van der Waals surface area contributed by atoms with E-state index in [-0.39, 0.29) is 0 Å². The monoisotopic (exact) mass is 232 g/mol. The molecule has 3 nitrogen and oxygen atoms in total. The number of benzene rings is 1. The van der Waals surface area contributed by atoms with Crippen LogP contribution in [0, 0.1) is 5.82 Å². The Hall–Kier alpha value is -1.94. The summed E-state index contributed by atoms with van der Waals surface area (Å²) >= 11 is 0.